The molecule has 0 unspecified atom stereocenters. The summed E-state index contributed by atoms with van der Waals surface area (Å²) in [6.07, 6.45) is -0.586. The Bertz CT molecular complexity index is 936. The second-order valence-corrected chi connectivity index (χ2v) is 6.85. The molecule has 0 aromatic heterocycles. The van der Waals surface area contributed by atoms with Gasteiger partial charge in [-0.25, -0.2) is 0 Å². The quantitative estimate of drug-likeness (QED) is 0.824. The molecule has 0 spiro atoms. The van der Waals surface area contributed by atoms with Gasteiger partial charge >= 0.3 is 0 Å². The number of hydrogen-bond acceptors (Lipinski definition) is 6. The molecule has 1 atom stereocenters. The minimum absolute atomic E-state index is 0.0179. The highest BCUT2D eigenvalue weighted by atomic mass is 16.7. The number of benzene rings is 2. The number of oxime groups is 1. The van der Waals surface area contributed by atoms with Gasteiger partial charge in [0, 0.05) is 24.5 Å². The number of nitrogens with one attached hydrogen (secondary N) is 1. The summed E-state index contributed by atoms with van der Waals surface area (Å²) < 4.78 is 5.13. The predicted octanol–water partition coefficient (Wildman–Crippen LogP) is 1.95. The van der Waals surface area contributed by atoms with Crippen molar-refractivity contribution in [2.75, 3.05) is 12.4 Å². The fourth-order valence-electron chi connectivity index (χ4n) is 3.14. The number of aryl methyl sites for hydroxylation is 2. The van der Waals surface area contributed by atoms with Crippen LogP contribution in [0.2, 0.25) is 0 Å². The molecule has 1 aliphatic heterocycles. The maximum absolute atomic E-state index is 13.0. The van der Waals surface area contributed by atoms with Crippen molar-refractivity contribution in [3.8, 4) is 5.75 Å². The van der Waals surface area contributed by atoms with Gasteiger partial charge in [-0.1, -0.05) is 22.9 Å². The Morgan fingerprint density at radius 2 is 1.93 bits per heavy atom. The summed E-state index contributed by atoms with van der Waals surface area (Å²) in [4.78, 5) is 29.7. The maximum atomic E-state index is 13.0. The third-order valence-electron chi connectivity index (χ3n) is 4.68. The number of carbonyl (C=O) groups is 2. The number of methoxy groups -OCH3 is 1. The molecular formula is C21H21N2O5-. The predicted molar refractivity (Wildman–Crippen MR) is 102 cm³/mol. The second kappa shape index (κ2) is 7.72. The van der Waals surface area contributed by atoms with Crippen LogP contribution in [0.5, 0.6) is 5.75 Å². The van der Waals surface area contributed by atoms with Crippen LogP contribution in [-0.2, 0) is 14.4 Å². The van der Waals surface area contributed by atoms with Gasteiger partial charge < -0.3 is 24.8 Å². The summed E-state index contributed by atoms with van der Waals surface area (Å²) in [5.41, 5.74) is 2.06. The van der Waals surface area contributed by atoms with Gasteiger partial charge in [-0.15, -0.1) is 0 Å². The monoisotopic (exact) mass is 381 g/mol. The molecule has 7 nitrogen and oxygen atoms in total. The number of anilines is 1. The Balaban J connectivity index is 1.83. The first kappa shape index (κ1) is 19.4. The fourth-order valence-corrected chi connectivity index (χ4v) is 3.14. The van der Waals surface area contributed by atoms with Crippen molar-refractivity contribution < 1.29 is 24.3 Å². The van der Waals surface area contributed by atoms with Gasteiger partial charge in [-0.3, -0.25) is 4.79 Å². The molecule has 2 aromatic rings. The zero-order valence-corrected chi connectivity index (χ0v) is 15.9. The van der Waals surface area contributed by atoms with Gasteiger partial charge in [0.1, 0.15) is 5.75 Å². The van der Waals surface area contributed by atoms with E-state index >= 15 is 0 Å². The molecule has 3 rings (SSSR count). The number of carboxylic acids is 1. The van der Waals surface area contributed by atoms with Gasteiger partial charge in [-0.2, -0.15) is 0 Å². The van der Waals surface area contributed by atoms with Crippen molar-refractivity contribution >= 4 is 23.3 Å². The second-order valence-electron chi connectivity index (χ2n) is 6.85. The Hall–Kier alpha value is -3.35. The maximum Gasteiger partial charge on any atom is 0.272 e. The molecule has 28 heavy (non-hydrogen) atoms. The molecule has 0 saturated carbocycles. The number of aliphatic carboxylic acids is 1. The number of amides is 1. The number of rotatable bonds is 6. The van der Waals surface area contributed by atoms with E-state index in [1.807, 2.05) is 26.0 Å². The average Bonchev–Trinajstić information content (AvgIpc) is 3.08. The molecule has 2 aromatic carbocycles. The van der Waals surface area contributed by atoms with Gasteiger partial charge in [0.15, 0.2) is 0 Å². The van der Waals surface area contributed by atoms with E-state index in [4.69, 9.17) is 9.57 Å². The lowest BCUT2D eigenvalue weighted by Crippen LogP contribution is -2.47. The molecule has 1 aliphatic rings. The zero-order valence-electron chi connectivity index (χ0n) is 15.9. The van der Waals surface area contributed by atoms with Crippen LogP contribution < -0.4 is 15.2 Å². The van der Waals surface area contributed by atoms with Crippen molar-refractivity contribution in [3.63, 3.8) is 0 Å². The summed E-state index contributed by atoms with van der Waals surface area (Å²) in [7, 11) is 1.56. The van der Waals surface area contributed by atoms with Crippen molar-refractivity contribution in [1.29, 1.82) is 0 Å². The normalized spacial score (nSPS) is 18.2. The third-order valence-corrected chi connectivity index (χ3v) is 4.68. The number of carbonyl (C=O) groups excluding carboxylic acids is 2. The number of ether oxygens (including phenoxy) is 1. The van der Waals surface area contributed by atoms with Crippen molar-refractivity contribution in [2.24, 2.45) is 5.16 Å². The van der Waals surface area contributed by atoms with Crippen LogP contribution in [0.3, 0.4) is 0 Å². The summed E-state index contributed by atoms with van der Waals surface area (Å²) in [5.74, 6) is -1.28. The first-order valence-corrected chi connectivity index (χ1v) is 8.81. The Labute approximate surface area is 163 Å². The molecule has 0 saturated heterocycles. The summed E-state index contributed by atoms with van der Waals surface area (Å²) in [5, 5.41) is 18.1. The molecule has 1 N–H and O–H groups in total. The van der Waals surface area contributed by atoms with E-state index in [2.05, 4.69) is 10.5 Å². The first-order chi connectivity index (χ1) is 13.3. The Morgan fingerprint density at radius 1 is 1.21 bits per heavy atom. The number of carboxylic acid groups (broad SMARTS) is 1. The van der Waals surface area contributed by atoms with Gasteiger partial charge in [0.2, 0.25) is 5.60 Å². The molecule has 0 aliphatic carbocycles. The minimum Gasteiger partial charge on any atom is -0.550 e. The minimum atomic E-state index is -1.66. The summed E-state index contributed by atoms with van der Waals surface area (Å²) >= 11 is 0. The van der Waals surface area contributed by atoms with Crippen LogP contribution in [0, 0.1) is 13.8 Å². The average molecular weight is 381 g/mol. The molecule has 0 radical (unpaired) electrons. The summed E-state index contributed by atoms with van der Waals surface area (Å²) in [6.45, 7) is 3.81. The molecule has 1 amide bonds. The van der Waals surface area contributed by atoms with E-state index < -0.39 is 23.9 Å². The standard InChI is InChI=1S/C21H22N2O5/c1-13-4-9-17(14(2)10-13)22-20(26)21(12-19(24)25)11-18(23-28-21)15-5-7-16(27-3)8-6-15/h4-10H,11-12H2,1-3H3,(H,22,26)(H,24,25)/p-1/t21-/m0/s1. The van der Waals surface area contributed by atoms with Gasteiger partial charge in [-0.05, 0) is 55.3 Å². The van der Waals surface area contributed by atoms with Crippen LogP contribution in [-0.4, -0.2) is 30.3 Å². The highest BCUT2D eigenvalue weighted by Crippen LogP contribution is 2.32. The Kier molecular flexibility index (Phi) is 5.35. The third kappa shape index (κ3) is 3.98. The van der Waals surface area contributed by atoms with Crippen LogP contribution in [0.4, 0.5) is 5.69 Å². The number of hydrogen-bond donors (Lipinski definition) is 1. The van der Waals surface area contributed by atoms with Gasteiger partial charge in [0.05, 0.1) is 12.8 Å². The van der Waals surface area contributed by atoms with E-state index in [0.717, 1.165) is 16.7 Å². The Morgan fingerprint density at radius 3 is 2.54 bits per heavy atom. The smallest absolute Gasteiger partial charge is 0.272 e. The lowest BCUT2D eigenvalue weighted by Gasteiger charge is -2.26. The van der Waals surface area contributed by atoms with Gasteiger partial charge in [0.25, 0.3) is 5.91 Å². The molecule has 0 bridgehead atoms. The SMILES string of the molecule is COc1ccc(C2=NO[C@@](CC(=O)[O-])(C(=O)Nc3ccc(C)cc3C)C2)cc1. The van der Waals surface area contributed by atoms with E-state index in [1.165, 1.54) is 0 Å². The van der Waals surface area contributed by atoms with E-state index in [1.54, 1.807) is 37.4 Å². The fraction of sp³-hybridized carbons (Fsp3) is 0.286. The van der Waals surface area contributed by atoms with E-state index in [0.29, 0.717) is 17.1 Å². The molecule has 1 heterocycles. The largest absolute Gasteiger partial charge is 0.550 e. The molecule has 0 fully saturated rings. The van der Waals surface area contributed by atoms with Crippen LogP contribution >= 0.6 is 0 Å². The lowest BCUT2D eigenvalue weighted by atomic mass is 9.90. The molecule has 7 heteroatoms. The lowest BCUT2D eigenvalue weighted by molar-refractivity contribution is -0.309. The summed E-state index contributed by atoms with van der Waals surface area (Å²) in [6, 6.07) is 12.6. The van der Waals surface area contributed by atoms with Crippen LogP contribution in [0.1, 0.15) is 29.5 Å². The highest BCUT2D eigenvalue weighted by molar-refractivity contribution is 6.09. The van der Waals surface area contributed by atoms with Crippen LogP contribution in [0.15, 0.2) is 47.6 Å². The number of nitrogens with zero attached hydrogens (tertiary/aromatic N) is 1. The van der Waals surface area contributed by atoms with E-state index in [9.17, 15) is 14.7 Å². The topological polar surface area (TPSA) is 100 Å². The molecule has 146 valence electrons. The highest BCUT2D eigenvalue weighted by Gasteiger charge is 2.47. The van der Waals surface area contributed by atoms with Crippen molar-refractivity contribution in [3.05, 3.63) is 59.2 Å². The first-order valence-electron chi connectivity index (χ1n) is 8.81. The van der Waals surface area contributed by atoms with E-state index in [-0.39, 0.29) is 6.42 Å². The van der Waals surface area contributed by atoms with Crippen LogP contribution in [0.25, 0.3) is 0 Å². The zero-order chi connectivity index (χ0) is 20.3. The molecular weight excluding hydrogens is 360 g/mol. The van der Waals surface area contributed by atoms with Crippen molar-refractivity contribution in [2.45, 2.75) is 32.3 Å². The van der Waals surface area contributed by atoms with Crippen molar-refractivity contribution in [1.82, 2.24) is 0 Å².